The summed E-state index contributed by atoms with van der Waals surface area (Å²) in [6.07, 6.45) is 3.85. The predicted molar refractivity (Wildman–Crippen MR) is 76.5 cm³/mol. The lowest BCUT2D eigenvalue weighted by atomic mass is 10.2. The van der Waals surface area contributed by atoms with Gasteiger partial charge >= 0.3 is 0 Å². The molecule has 1 heterocycles. The summed E-state index contributed by atoms with van der Waals surface area (Å²) in [6.45, 7) is 4.95. The van der Waals surface area contributed by atoms with E-state index in [0.717, 1.165) is 5.75 Å². The summed E-state index contributed by atoms with van der Waals surface area (Å²) in [5.74, 6) is 0.945. The zero-order chi connectivity index (χ0) is 13.0. The molecule has 2 rings (SSSR count). The van der Waals surface area contributed by atoms with E-state index in [9.17, 15) is 0 Å². The highest BCUT2D eigenvalue weighted by Gasteiger charge is 2.05. The molecule has 2 N–H and O–H groups in total. The topological polar surface area (TPSA) is 43.8 Å². The highest BCUT2D eigenvalue weighted by molar-refractivity contribution is 7.98. The SMILES string of the molecule is CC(C)n1cncc1CSc1ccc(CN)cc1. The van der Waals surface area contributed by atoms with Gasteiger partial charge < -0.3 is 10.3 Å². The Morgan fingerprint density at radius 1 is 1.28 bits per heavy atom. The molecule has 0 amide bonds. The molecule has 3 nitrogen and oxygen atoms in total. The largest absolute Gasteiger partial charge is 0.331 e. The van der Waals surface area contributed by atoms with E-state index >= 15 is 0 Å². The number of imidazole rings is 1. The minimum Gasteiger partial charge on any atom is -0.331 e. The zero-order valence-corrected chi connectivity index (χ0v) is 11.7. The second-order valence-corrected chi connectivity index (χ2v) is 5.57. The molecule has 18 heavy (non-hydrogen) atoms. The van der Waals surface area contributed by atoms with Crippen molar-refractivity contribution < 1.29 is 0 Å². The Kier molecular flexibility index (Phi) is 4.44. The smallest absolute Gasteiger partial charge is 0.0950 e. The number of hydrogen-bond acceptors (Lipinski definition) is 3. The van der Waals surface area contributed by atoms with Crippen LogP contribution in [0.5, 0.6) is 0 Å². The normalized spacial score (nSPS) is 11.1. The van der Waals surface area contributed by atoms with Crippen LogP contribution in [-0.2, 0) is 12.3 Å². The lowest BCUT2D eigenvalue weighted by molar-refractivity contribution is 0.584. The van der Waals surface area contributed by atoms with E-state index in [4.69, 9.17) is 5.73 Å². The molecule has 0 fully saturated rings. The summed E-state index contributed by atoms with van der Waals surface area (Å²) in [6, 6.07) is 8.89. The first-order valence-electron chi connectivity index (χ1n) is 6.13. The van der Waals surface area contributed by atoms with Gasteiger partial charge in [0, 0.05) is 35.1 Å². The summed E-state index contributed by atoms with van der Waals surface area (Å²) in [4.78, 5) is 5.48. The van der Waals surface area contributed by atoms with Crippen LogP contribution in [-0.4, -0.2) is 9.55 Å². The van der Waals surface area contributed by atoms with Gasteiger partial charge in [0.2, 0.25) is 0 Å². The van der Waals surface area contributed by atoms with Crippen LogP contribution in [0.3, 0.4) is 0 Å². The number of benzene rings is 1. The third-order valence-electron chi connectivity index (χ3n) is 2.85. The summed E-state index contributed by atoms with van der Waals surface area (Å²) in [5.41, 5.74) is 8.02. The van der Waals surface area contributed by atoms with E-state index in [0.29, 0.717) is 12.6 Å². The molecule has 0 aliphatic carbocycles. The Bertz CT molecular complexity index is 488. The molecule has 0 saturated carbocycles. The molecule has 0 spiro atoms. The lowest BCUT2D eigenvalue weighted by Crippen LogP contribution is -2.02. The highest BCUT2D eigenvalue weighted by Crippen LogP contribution is 2.24. The second-order valence-electron chi connectivity index (χ2n) is 4.52. The van der Waals surface area contributed by atoms with Crippen molar-refractivity contribution in [2.24, 2.45) is 5.73 Å². The average molecular weight is 261 g/mol. The standard InChI is InChI=1S/C14H19N3S/c1-11(2)17-10-16-8-13(17)9-18-14-5-3-12(7-15)4-6-14/h3-6,8,10-11H,7,9,15H2,1-2H3. The Hall–Kier alpha value is -1.26. The van der Waals surface area contributed by atoms with Gasteiger partial charge in [-0.3, -0.25) is 0 Å². The molecular formula is C14H19N3S. The van der Waals surface area contributed by atoms with E-state index in [1.54, 1.807) is 0 Å². The maximum atomic E-state index is 5.59. The number of rotatable bonds is 5. The van der Waals surface area contributed by atoms with Crippen LogP contribution in [0.2, 0.25) is 0 Å². The Balaban J connectivity index is 2.00. The quantitative estimate of drug-likeness (QED) is 0.840. The van der Waals surface area contributed by atoms with Gasteiger partial charge in [0.15, 0.2) is 0 Å². The maximum absolute atomic E-state index is 5.59. The number of aromatic nitrogens is 2. The van der Waals surface area contributed by atoms with Crippen molar-refractivity contribution in [1.29, 1.82) is 0 Å². The van der Waals surface area contributed by atoms with Crippen molar-refractivity contribution in [1.82, 2.24) is 9.55 Å². The van der Waals surface area contributed by atoms with E-state index in [1.807, 2.05) is 24.3 Å². The van der Waals surface area contributed by atoms with Gasteiger partial charge in [-0.15, -0.1) is 11.8 Å². The van der Waals surface area contributed by atoms with Crippen molar-refractivity contribution in [3.8, 4) is 0 Å². The molecule has 0 aliphatic heterocycles. The van der Waals surface area contributed by atoms with E-state index in [1.165, 1.54) is 16.2 Å². The van der Waals surface area contributed by atoms with Crippen LogP contribution in [0.1, 0.15) is 31.1 Å². The number of nitrogens with two attached hydrogens (primary N) is 1. The molecule has 0 unspecified atom stereocenters. The summed E-state index contributed by atoms with van der Waals surface area (Å²) in [7, 11) is 0. The van der Waals surface area contributed by atoms with Crippen LogP contribution in [0.4, 0.5) is 0 Å². The third-order valence-corrected chi connectivity index (χ3v) is 3.89. The van der Waals surface area contributed by atoms with Crippen LogP contribution in [0, 0.1) is 0 Å². The van der Waals surface area contributed by atoms with Crippen LogP contribution in [0.25, 0.3) is 0 Å². The van der Waals surface area contributed by atoms with Crippen molar-refractivity contribution in [3.05, 3.63) is 48.0 Å². The van der Waals surface area contributed by atoms with Crippen molar-refractivity contribution in [2.75, 3.05) is 0 Å². The summed E-state index contributed by atoms with van der Waals surface area (Å²) in [5, 5.41) is 0. The fourth-order valence-electron chi connectivity index (χ4n) is 1.79. The van der Waals surface area contributed by atoms with Crippen molar-refractivity contribution in [2.45, 2.75) is 37.1 Å². The minimum atomic E-state index is 0.461. The lowest BCUT2D eigenvalue weighted by Gasteiger charge is -2.11. The van der Waals surface area contributed by atoms with Gasteiger partial charge in [0.25, 0.3) is 0 Å². The number of hydrogen-bond donors (Lipinski definition) is 1. The van der Waals surface area contributed by atoms with E-state index in [2.05, 4.69) is 47.7 Å². The van der Waals surface area contributed by atoms with Crippen LogP contribution < -0.4 is 5.73 Å². The number of thioether (sulfide) groups is 1. The molecule has 1 aromatic heterocycles. The molecule has 0 aliphatic rings. The molecule has 1 aromatic carbocycles. The van der Waals surface area contributed by atoms with Crippen molar-refractivity contribution in [3.63, 3.8) is 0 Å². The van der Waals surface area contributed by atoms with Gasteiger partial charge in [-0.05, 0) is 31.5 Å². The van der Waals surface area contributed by atoms with Gasteiger partial charge in [-0.25, -0.2) is 4.98 Å². The predicted octanol–water partition coefficient (Wildman–Crippen LogP) is 3.22. The van der Waals surface area contributed by atoms with E-state index < -0.39 is 0 Å². The second kappa shape index (κ2) is 6.07. The van der Waals surface area contributed by atoms with E-state index in [-0.39, 0.29) is 0 Å². The van der Waals surface area contributed by atoms with Crippen LogP contribution >= 0.6 is 11.8 Å². The Labute approximate surface area is 112 Å². The first-order valence-corrected chi connectivity index (χ1v) is 7.11. The van der Waals surface area contributed by atoms with Crippen molar-refractivity contribution >= 4 is 11.8 Å². The molecule has 2 aromatic rings. The fraction of sp³-hybridized carbons (Fsp3) is 0.357. The molecule has 0 saturated heterocycles. The maximum Gasteiger partial charge on any atom is 0.0950 e. The molecule has 0 atom stereocenters. The van der Waals surface area contributed by atoms with Gasteiger partial charge in [0.05, 0.1) is 6.33 Å². The summed E-state index contributed by atoms with van der Waals surface area (Å²) < 4.78 is 2.21. The first kappa shape index (κ1) is 13.2. The fourth-order valence-corrected chi connectivity index (χ4v) is 2.65. The van der Waals surface area contributed by atoms with Crippen LogP contribution in [0.15, 0.2) is 41.7 Å². The third kappa shape index (κ3) is 3.15. The minimum absolute atomic E-state index is 0.461. The molecule has 4 heteroatoms. The molecule has 0 radical (unpaired) electrons. The van der Waals surface area contributed by atoms with Gasteiger partial charge in [0.1, 0.15) is 0 Å². The molecular weight excluding hydrogens is 242 g/mol. The average Bonchev–Trinajstić information content (AvgIpc) is 2.85. The van der Waals surface area contributed by atoms with Gasteiger partial charge in [-0.1, -0.05) is 12.1 Å². The zero-order valence-electron chi connectivity index (χ0n) is 10.8. The Morgan fingerprint density at radius 2 is 2.00 bits per heavy atom. The highest BCUT2D eigenvalue weighted by atomic mass is 32.2. The monoisotopic (exact) mass is 261 g/mol. The molecule has 96 valence electrons. The number of nitrogens with zero attached hydrogens (tertiary/aromatic N) is 2. The van der Waals surface area contributed by atoms with Gasteiger partial charge in [-0.2, -0.15) is 0 Å². The first-order chi connectivity index (χ1) is 8.70. The summed E-state index contributed by atoms with van der Waals surface area (Å²) >= 11 is 1.83. The Morgan fingerprint density at radius 3 is 2.61 bits per heavy atom. The molecule has 0 bridgehead atoms.